The van der Waals surface area contributed by atoms with Crippen molar-refractivity contribution in [1.82, 2.24) is 9.78 Å². The first kappa shape index (κ1) is 26.4. The molecule has 0 bridgehead atoms. The van der Waals surface area contributed by atoms with Gasteiger partial charge in [0.2, 0.25) is 0 Å². The summed E-state index contributed by atoms with van der Waals surface area (Å²) in [7, 11) is 0. The lowest BCUT2D eigenvalue weighted by Crippen LogP contribution is -2.32. The standard InChI is InChI=1S/C33H34N2O4/c36-31-19-18-30(33(25-11-3-1-4-12-25)26-13-5-2-6-14-26)34-35(31)22-28-16-8-7-15-27(28)20-24-10-9-17-29(21-24)39-23-32(37)38/h1-6,9-14,17-19,21,27-28,33H,7-8,15-16,20,22-23H2,(H,37,38)/p-1. The van der Waals surface area contributed by atoms with Crippen molar-refractivity contribution in [2.45, 2.75) is 44.6 Å². The summed E-state index contributed by atoms with van der Waals surface area (Å²) >= 11 is 0. The Bertz CT molecular complexity index is 1400. The maximum absolute atomic E-state index is 13.0. The van der Waals surface area contributed by atoms with Gasteiger partial charge in [-0.25, -0.2) is 4.68 Å². The highest BCUT2D eigenvalue weighted by Gasteiger charge is 2.27. The molecular weight excluding hydrogens is 488 g/mol. The summed E-state index contributed by atoms with van der Waals surface area (Å²) in [6.07, 6.45) is 5.28. The molecule has 1 aliphatic carbocycles. The maximum Gasteiger partial charge on any atom is 0.266 e. The van der Waals surface area contributed by atoms with Crippen LogP contribution in [0.25, 0.3) is 0 Å². The Balaban J connectivity index is 1.39. The van der Waals surface area contributed by atoms with E-state index >= 15 is 0 Å². The molecule has 2 unspecified atom stereocenters. The summed E-state index contributed by atoms with van der Waals surface area (Å²) in [6.45, 7) is 0.113. The minimum Gasteiger partial charge on any atom is -0.546 e. The third-order valence-corrected chi connectivity index (χ3v) is 7.68. The van der Waals surface area contributed by atoms with Crippen molar-refractivity contribution < 1.29 is 14.6 Å². The molecule has 1 aromatic heterocycles. The highest BCUT2D eigenvalue weighted by molar-refractivity contribution is 5.66. The van der Waals surface area contributed by atoms with E-state index < -0.39 is 12.6 Å². The van der Waals surface area contributed by atoms with Gasteiger partial charge >= 0.3 is 0 Å². The number of rotatable bonds is 10. The number of hydrogen-bond donors (Lipinski definition) is 0. The highest BCUT2D eigenvalue weighted by atomic mass is 16.5. The fourth-order valence-corrected chi connectivity index (χ4v) is 5.80. The Kier molecular flexibility index (Phi) is 8.51. The van der Waals surface area contributed by atoms with Crippen LogP contribution in [0.4, 0.5) is 0 Å². The van der Waals surface area contributed by atoms with Crippen LogP contribution in [0.5, 0.6) is 5.75 Å². The van der Waals surface area contributed by atoms with Crippen LogP contribution in [0.15, 0.2) is 102 Å². The number of carbonyl (C=O) groups excluding carboxylic acids is 1. The molecule has 6 nitrogen and oxygen atoms in total. The van der Waals surface area contributed by atoms with Gasteiger partial charge < -0.3 is 14.6 Å². The van der Waals surface area contributed by atoms with E-state index in [2.05, 4.69) is 24.3 Å². The lowest BCUT2D eigenvalue weighted by molar-refractivity contribution is -0.307. The monoisotopic (exact) mass is 521 g/mol. The molecule has 0 saturated heterocycles. The van der Waals surface area contributed by atoms with Crippen molar-refractivity contribution in [3.05, 3.63) is 130 Å². The van der Waals surface area contributed by atoms with Crippen molar-refractivity contribution in [2.24, 2.45) is 11.8 Å². The Labute approximate surface area is 228 Å². The minimum atomic E-state index is -1.24. The number of carboxylic acid groups (broad SMARTS) is 1. The zero-order valence-corrected chi connectivity index (χ0v) is 21.9. The van der Waals surface area contributed by atoms with Gasteiger partial charge in [0.05, 0.1) is 17.6 Å². The normalized spacial score (nSPS) is 17.2. The van der Waals surface area contributed by atoms with E-state index in [4.69, 9.17) is 9.84 Å². The van der Waals surface area contributed by atoms with Crippen molar-refractivity contribution in [1.29, 1.82) is 0 Å². The molecular formula is C33H33N2O4-. The van der Waals surface area contributed by atoms with Crippen LogP contribution >= 0.6 is 0 Å². The van der Waals surface area contributed by atoms with Gasteiger partial charge in [-0.15, -0.1) is 0 Å². The summed E-state index contributed by atoms with van der Waals surface area (Å²) in [5, 5.41) is 15.7. The Morgan fingerprint density at radius 2 is 1.54 bits per heavy atom. The van der Waals surface area contributed by atoms with Crippen LogP contribution in [0.1, 0.15) is 54.0 Å². The van der Waals surface area contributed by atoms with Gasteiger partial charge in [-0.1, -0.05) is 85.6 Å². The number of hydrogen-bond acceptors (Lipinski definition) is 5. The number of aromatic nitrogens is 2. The molecule has 1 aliphatic rings. The topological polar surface area (TPSA) is 84.2 Å². The SMILES string of the molecule is O=C([O-])COc1cccc(CC2CCCCC2Cn2nc(C(c3ccccc3)c3ccccc3)ccc2=O)c1. The quantitative estimate of drug-likeness (QED) is 0.305. The van der Waals surface area contributed by atoms with Gasteiger partial charge in [0, 0.05) is 12.6 Å². The molecule has 200 valence electrons. The minimum absolute atomic E-state index is 0.0647. The maximum atomic E-state index is 13.0. The highest BCUT2D eigenvalue weighted by Crippen LogP contribution is 2.35. The third-order valence-electron chi connectivity index (χ3n) is 7.68. The van der Waals surface area contributed by atoms with E-state index in [1.54, 1.807) is 16.8 Å². The number of nitrogens with zero attached hydrogens (tertiary/aromatic N) is 2. The van der Waals surface area contributed by atoms with Gasteiger partial charge in [-0.2, -0.15) is 5.10 Å². The van der Waals surface area contributed by atoms with Crippen molar-refractivity contribution in [2.75, 3.05) is 6.61 Å². The summed E-state index contributed by atoms with van der Waals surface area (Å²) in [5.41, 5.74) is 4.15. The van der Waals surface area contributed by atoms with Crippen LogP contribution in [-0.4, -0.2) is 22.4 Å². The van der Waals surface area contributed by atoms with Crippen LogP contribution < -0.4 is 15.4 Å². The first-order valence-electron chi connectivity index (χ1n) is 13.7. The van der Waals surface area contributed by atoms with E-state index in [0.29, 0.717) is 24.1 Å². The van der Waals surface area contributed by atoms with Crippen LogP contribution in [-0.2, 0) is 17.8 Å². The number of ether oxygens (including phenoxy) is 1. The molecule has 6 heteroatoms. The molecule has 0 radical (unpaired) electrons. The molecule has 0 N–H and O–H groups in total. The van der Waals surface area contributed by atoms with E-state index in [1.165, 1.54) is 0 Å². The van der Waals surface area contributed by atoms with Crippen molar-refractivity contribution in [3.8, 4) is 5.75 Å². The molecule has 3 aromatic carbocycles. The molecule has 2 atom stereocenters. The average Bonchev–Trinajstić information content (AvgIpc) is 2.96. The fourth-order valence-electron chi connectivity index (χ4n) is 5.80. The van der Waals surface area contributed by atoms with Gasteiger partial charge in [0.25, 0.3) is 5.56 Å². The molecule has 5 rings (SSSR count). The summed E-state index contributed by atoms with van der Waals surface area (Å²) in [4.78, 5) is 23.8. The van der Waals surface area contributed by atoms with Gasteiger partial charge in [0.1, 0.15) is 12.4 Å². The molecule has 1 fully saturated rings. The summed E-state index contributed by atoms with van der Waals surface area (Å²) in [5.74, 6) is -0.0622. The summed E-state index contributed by atoms with van der Waals surface area (Å²) in [6, 6.07) is 31.7. The fraction of sp³-hybridized carbons (Fsp3) is 0.303. The van der Waals surface area contributed by atoms with E-state index in [0.717, 1.165) is 54.5 Å². The predicted octanol–water partition coefficient (Wildman–Crippen LogP) is 4.60. The lowest BCUT2D eigenvalue weighted by atomic mass is 9.76. The molecule has 0 spiro atoms. The molecule has 0 amide bonds. The Morgan fingerprint density at radius 1 is 0.872 bits per heavy atom. The average molecular weight is 522 g/mol. The zero-order valence-electron chi connectivity index (χ0n) is 21.9. The third kappa shape index (κ3) is 6.82. The number of carbonyl (C=O) groups is 1. The first-order valence-corrected chi connectivity index (χ1v) is 13.7. The van der Waals surface area contributed by atoms with E-state index in [9.17, 15) is 14.7 Å². The number of carboxylic acids is 1. The van der Waals surface area contributed by atoms with Crippen LogP contribution in [0, 0.1) is 11.8 Å². The largest absolute Gasteiger partial charge is 0.546 e. The lowest BCUT2D eigenvalue weighted by Gasteiger charge is -2.32. The number of aliphatic carboxylic acids is 1. The Hall–Kier alpha value is -4.19. The van der Waals surface area contributed by atoms with Gasteiger partial charge in [-0.3, -0.25) is 4.79 Å². The van der Waals surface area contributed by atoms with E-state index in [-0.39, 0.29) is 11.5 Å². The van der Waals surface area contributed by atoms with E-state index in [1.807, 2.05) is 60.7 Å². The first-order chi connectivity index (χ1) is 19.1. The second-order valence-corrected chi connectivity index (χ2v) is 10.3. The Morgan fingerprint density at radius 3 is 2.21 bits per heavy atom. The predicted molar refractivity (Wildman–Crippen MR) is 148 cm³/mol. The van der Waals surface area contributed by atoms with Crippen molar-refractivity contribution >= 4 is 5.97 Å². The molecule has 0 aliphatic heterocycles. The molecule has 1 saturated carbocycles. The molecule has 39 heavy (non-hydrogen) atoms. The zero-order chi connectivity index (χ0) is 27.0. The van der Waals surface area contributed by atoms with Gasteiger partial charge in [-0.05, 0) is 66.0 Å². The van der Waals surface area contributed by atoms with Crippen molar-refractivity contribution in [3.63, 3.8) is 0 Å². The van der Waals surface area contributed by atoms with Gasteiger partial charge in [0.15, 0.2) is 0 Å². The second kappa shape index (κ2) is 12.6. The molecule has 1 heterocycles. The second-order valence-electron chi connectivity index (χ2n) is 10.3. The van der Waals surface area contributed by atoms with Crippen LogP contribution in [0.3, 0.4) is 0 Å². The summed E-state index contributed by atoms with van der Waals surface area (Å²) < 4.78 is 6.99. The number of benzene rings is 3. The smallest absolute Gasteiger partial charge is 0.266 e. The van der Waals surface area contributed by atoms with Crippen LogP contribution in [0.2, 0.25) is 0 Å². The molecule has 4 aromatic rings.